The highest BCUT2D eigenvalue weighted by Gasteiger charge is 2.39. The third-order valence-corrected chi connectivity index (χ3v) is 14.4. The summed E-state index contributed by atoms with van der Waals surface area (Å²) in [6.07, 6.45) is 6.12. The van der Waals surface area contributed by atoms with Crippen molar-refractivity contribution in [2.75, 3.05) is 25.4 Å². The molecular weight excluding hydrogens is 845 g/mol. The van der Waals surface area contributed by atoms with Crippen molar-refractivity contribution < 1.29 is 38.3 Å². The summed E-state index contributed by atoms with van der Waals surface area (Å²) in [4.78, 5) is 96.9. The number of rotatable bonds is 15. The molecule has 0 bridgehead atoms. The molecule has 5 atom stereocenters. The van der Waals surface area contributed by atoms with Crippen LogP contribution in [0.2, 0.25) is 0 Å². The summed E-state index contributed by atoms with van der Waals surface area (Å²) in [5, 5.41) is 16.9. The van der Waals surface area contributed by atoms with Gasteiger partial charge in [-0.3, -0.25) is 33.6 Å². The number of primary amides is 1. The molecular formula is C45H66N8O8S2. The average Bonchev–Trinajstić information content (AvgIpc) is 3.25. The number of nitrogens with one attached hydrogen (secondary N) is 6. The van der Waals surface area contributed by atoms with Gasteiger partial charge in [-0.1, -0.05) is 104 Å². The van der Waals surface area contributed by atoms with Crippen LogP contribution >= 0.6 is 21.6 Å². The van der Waals surface area contributed by atoms with Gasteiger partial charge in [-0.15, -0.1) is 0 Å². The van der Waals surface area contributed by atoms with Crippen LogP contribution in [-0.4, -0.2) is 102 Å². The number of carbonyl (C=O) groups excluding carboxylic acids is 7. The summed E-state index contributed by atoms with van der Waals surface area (Å²) in [6.45, 7) is 6.63. The molecule has 346 valence electrons. The zero-order valence-corrected chi connectivity index (χ0v) is 38.3. The van der Waals surface area contributed by atoms with Crippen LogP contribution < -0.4 is 48.1 Å². The highest BCUT2D eigenvalue weighted by molar-refractivity contribution is 8.77. The molecule has 0 radical (unpaired) electrons. The second kappa shape index (κ2) is 26.1. The molecule has 1 saturated carbocycles. The Hall–Kier alpha value is -4.81. The van der Waals surface area contributed by atoms with Gasteiger partial charge in [0.1, 0.15) is 36.0 Å². The molecule has 1 heterocycles. The Labute approximate surface area is 378 Å². The van der Waals surface area contributed by atoms with Crippen molar-refractivity contribution >= 4 is 62.9 Å². The second-order valence-electron chi connectivity index (χ2n) is 16.6. The molecule has 1 aliphatic heterocycles. The van der Waals surface area contributed by atoms with Crippen LogP contribution in [0, 0.1) is 5.92 Å². The maximum absolute atomic E-state index is 14.5. The Morgan fingerprint density at radius 2 is 1.40 bits per heavy atom. The predicted octanol–water partition coefficient (Wildman–Crippen LogP) is 2.56. The van der Waals surface area contributed by atoms with Crippen LogP contribution in [-0.2, 0) is 46.4 Å². The molecule has 7 amide bonds. The summed E-state index contributed by atoms with van der Waals surface area (Å²) in [7, 11) is 2.84. The van der Waals surface area contributed by atoms with E-state index in [1.165, 1.54) is 21.6 Å². The maximum atomic E-state index is 14.5. The summed E-state index contributed by atoms with van der Waals surface area (Å²) in [6, 6.07) is 10.2. The van der Waals surface area contributed by atoms with Crippen molar-refractivity contribution in [3.05, 3.63) is 65.7 Å². The lowest BCUT2D eigenvalue weighted by molar-refractivity contribution is -0.136. The quantitative estimate of drug-likeness (QED) is 0.0953. The molecule has 2 aliphatic rings. The van der Waals surface area contributed by atoms with Crippen LogP contribution in [0.1, 0.15) is 96.1 Å². The van der Waals surface area contributed by atoms with Gasteiger partial charge in [0.2, 0.25) is 41.4 Å². The normalized spacial score (nSPS) is 23.1. The van der Waals surface area contributed by atoms with Crippen LogP contribution in [0.25, 0.3) is 0 Å². The minimum absolute atomic E-state index is 0.0503. The molecule has 63 heavy (non-hydrogen) atoms. The van der Waals surface area contributed by atoms with Gasteiger partial charge in [0.25, 0.3) is 0 Å². The molecule has 1 spiro atoms. The van der Waals surface area contributed by atoms with Gasteiger partial charge in [0.05, 0.1) is 13.0 Å². The molecule has 18 heteroatoms. The Bertz CT molecular complexity index is 1830. The minimum atomic E-state index is -1.48. The Morgan fingerprint density at radius 3 is 2.03 bits per heavy atom. The van der Waals surface area contributed by atoms with Crippen molar-refractivity contribution in [2.45, 2.75) is 133 Å². The van der Waals surface area contributed by atoms with Crippen molar-refractivity contribution in [2.24, 2.45) is 17.4 Å². The number of unbranched alkanes of at least 4 members (excludes halogenated alkanes) is 2. The van der Waals surface area contributed by atoms with Crippen LogP contribution in [0.4, 0.5) is 0 Å². The van der Waals surface area contributed by atoms with E-state index in [-0.39, 0.29) is 30.9 Å². The van der Waals surface area contributed by atoms with Gasteiger partial charge in [0, 0.05) is 36.3 Å². The van der Waals surface area contributed by atoms with Gasteiger partial charge < -0.3 is 48.1 Å². The van der Waals surface area contributed by atoms with E-state index in [9.17, 15) is 33.6 Å². The Kier molecular flexibility index (Phi) is 21.1. The first-order chi connectivity index (χ1) is 30.2. The fraction of sp³-hybridized carbons (Fsp3) is 0.578. The fourth-order valence-electron chi connectivity index (χ4n) is 7.61. The summed E-state index contributed by atoms with van der Waals surface area (Å²) >= 11 is 0. The lowest BCUT2D eigenvalue weighted by Crippen LogP contribution is -2.61. The number of carbonyl (C=O) groups is 7. The lowest BCUT2D eigenvalue weighted by atomic mass is 9.85. The first-order valence-corrected chi connectivity index (χ1v) is 24.4. The van der Waals surface area contributed by atoms with Gasteiger partial charge in [-0.2, -0.15) is 0 Å². The first-order valence-electron chi connectivity index (χ1n) is 22.1. The smallest absolute Gasteiger partial charge is 0.243 e. The predicted molar refractivity (Wildman–Crippen MR) is 246 cm³/mol. The molecule has 2 aromatic carbocycles. The highest BCUT2D eigenvalue weighted by Crippen LogP contribution is 2.48. The van der Waals surface area contributed by atoms with Gasteiger partial charge >= 0.3 is 0 Å². The van der Waals surface area contributed by atoms with Gasteiger partial charge in [-0.05, 0) is 68.3 Å². The fourth-order valence-corrected chi connectivity index (χ4v) is 11.0. The molecule has 2 aromatic rings. The third kappa shape index (κ3) is 17.0. The lowest BCUT2D eigenvalue weighted by Gasteiger charge is -2.36. The number of hydrogen-bond acceptors (Lipinski definition) is 11. The molecule has 1 aliphatic carbocycles. The average molecular weight is 911 g/mol. The number of benzene rings is 2. The number of ether oxygens (including phenoxy) is 1. The van der Waals surface area contributed by atoms with Crippen molar-refractivity contribution in [1.29, 1.82) is 0 Å². The molecule has 2 fully saturated rings. The van der Waals surface area contributed by atoms with Crippen LogP contribution in [0.15, 0.2) is 54.6 Å². The van der Waals surface area contributed by atoms with Gasteiger partial charge in [-0.25, -0.2) is 0 Å². The molecule has 0 aromatic heterocycles. The maximum Gasteiger partial charge on any atom is 0.243 e. The SMILES string of the molecule is CCOc1ccc(C[C@H]2NC(=O)CC3(CCCCC3)SSC[C@H](C(=O)NCCCCCN)NC(=O)[C@@H](CC(N)=O)NC(=O)[C@H](C(C)C)NC(=O)[C@@H](Cc3ccccc3)NC2=O)cc1. The van der Waals surface area contributed by atoms with E-state index < -0.39 is 82.7 Å². The number of hydrogen-bond donors (Lipinski definition) is 8. The van der Waals surface area contributed by atoms with E-state index >= 15 is 0 Å². The standard InChI is InChI=1S/C45H66N8O8S2/c1-4-61-32-18-16-31(17-19-32)25-33-41(57)50-34(24-30-14-8-5-9-15-30)43(59)53-39(29(2)3)44(60)51-35(26-37(47)54)42(58)52-36(40(56)48-23-13-7-12-22-46)28-62-63-45(27-38(55)49-33)20-10-6-11-21-45/h5,8-9,14-19,29,33-36,39H,4,6-7,10-13,20-28,46H2,1-3H3,(H2,47,54)(H,48,56)(H,49,55)(H,50,57)(H,51,60)(H,52,58)(H,53,59)/t33-,34-,35-,36-,39+/m1/s1. The van der Waals surface area contributed by atoms with E-state index in [0.717, 1.165) is 43.2 Å². The van der Waals surface area contributed by atoms with Crippen LogP contribution in [0.3, 0.4) is 0 Å². The zero-order valence-electron chi connectivity index (χ0n) is 36.7. The van der Waals surface area contributed by atoms with Crippen LogP contribution in [0.5, 0.6) is 5.75 Å². The van der Waals surface area contributed by atoms with E-state index in [0.29, 0.717) is 44.7 Å². The zero-order chi connectivity index (χ0) is 45.8. The molecule has 16 nitrogen and oxygen atoms in total. The van der Waals surface area contributed by atoms with E-state index in [4.69, 9.17) is 16.2 Å². The topological polar surface area (TPSA) is 253 Å². The summed E-state index contributed by atoms with van der Waals surface area (Å²) in [5.74, 6) is -4.30. The molecule has 10 N–H and O–H groups in total. The van der Waals surface area contributed by atoms with Crippen molar-refractivity contribution in [1.82, 2.24) is 31.9 Å². The largest absolute Gasteiger partial charge is 0.494 e. The number of nitrogens with two attached hydrogens (primary N) is 2. The summed E-state index contributed by atoms with van der Waals surface area (Å²) < 4.78 is 5.07. The minimum Gasteiger partial charge on any atom is -0.494 e. The first kappa shape index (κ1) is 50.8. The van der Waals surface area contributed by atoms with E-state index in [2.05, 4.69) is 31.9 Å². The molecule has 0 unspecified atom stereocenters. The Balaban J connectivity index is 1.74. The molecule has 1 saturated heterocycles. The van der Waals surface area contributed by atoms with E-state index in [1.54, 1.807) is 38.1 Å². The summed E-state index contributed by atoms with van der Waals surface area (Å²) in [5.41, 5.74) is 12.7. The second-order valence-corrected chi connectivity index (χ2v) is 19.4. The van der Waals surface area contributed by atoms with Crippen molar-refractivity contribution in [3.63, 3.8) is 0 Å². The highest BCUT2D eigenvalue weighted by atomic mass is 33.1. The number of amides is 7. The Morgan fingerprint density at radius 1 is 0.778 bits per heavy atom. The van der Waals surface area contributed by atoms with Gasteiger partial charge in [0.15, 0.2) is 0 Å². The van der Waals surface area contributed by atoms with Crippen molar-refractivity contribution in [3.8, 4) is 5.75 Å². The third-order valence-electron chi connectivity index (χ3n) is 11.1. The monoisotopic (exact) mass is 910 g/mol. The van der Waals surface area contributed by atoms with E-state index in [1.807, 2.05) is 37.3 Å². The molecule has 4 rings (SSSR count).